The Morgan fingerprint density at radius 2 is 1.89 bits per heavy atom. The van der Waals surface area contributed by atoms with Crippen molar-refractivity contribution in [3.63, 3.8) is 0 Å². The second kappa shape index (κ2) is 10.5. The monoisotopic (exact) mass is 391 g/mol. The van der Waals surface area contributed by atoms with Gasteiger partial charge in [0.15, 0.2) is 11.5 Å². The average molecular weight is 392 g/mol. The van der Waals surface area contributed by atoms with E-state index in [1.165, 1.54) is 37.7 Å². The van der Waals surface area contributed by atoms with Gasteiger partial charge < -0.3 is 19.5 Å². The fourth-order valence-electron chi connectivity index (χ4n) is 4.40. The van der Waals surface area contributed by atoms with E-state index in [1.807, 2.05) is 6.07 Å². The molecule has 0 saturated carbocycles. The third-order valence-corrected chi connectivity index (χ3v) is 6.44. The van der Waals surface area contributed by atoms with E-state index in [2.05, 4.69) is 45.1 Å². The van der Waals surface area contributed by atoms with Crippen molar-refractivity contribution < 1.29 is 14.2 Å². The highest BCUT2D eigenvalue weighted by atomic mass is 16.5. The molecule has 0 spiro atoms. The highest BCUT2D eigenvalue weighted by Gasteiger charge is 2.41. The van der Waals surface area contributed by atoms with Crippen molar-refractivity contribution in [2.45, 2.75) is 78.4 Å². The second-order valence-corrected chi connectivity index (χ2v) is 9.13. The Morgan fingerprint density at radius 1 is 1.14 bits per heavy atom. The van der Waals surface area contributed by atoms with E-state index >= 15 is 0 Å². The van der Waals surface area contributed by atoms with E-state index in [9.17, 15) is 0 Å². The van der Waals surface area contributed by atoms with E-state index < -0.39 is 0 Å². The number of benzene rings is 1. The summed E-state index contributed by atoms with van der Waals surface area (Å²) in [5.74, 6) is 2.32. The van der Waals surface area contributed by atoms with Gasteiger partial charge in [0.05, 0.1) is 19.8 Å². The van der Waals surface area contributed by atoms with Crippen LogP contribution in [0.1, 0.15) is 71.8 Å². The Hall–Kier alpha value is -1.26. The van der Waals surface area contributed by atoms with Crippen LogP contribution in [-0.4, -0.2) is 33.0 Å². The number of ether oxygens (including phenoxy) is 3. The molecule has 0 amide bonds. The molecule has 1 aliphatic rings. The minimum absolute atomic E-state index is 0.0403. The minimum atomic E-state index is 0.0403. The van der Waals surface area contributed by atoms with E-state index in [0.29, 0.717) is 5.41 Å². The van der Waals surface area contributed by atoms with Crippen LogP contribution in [0.3, 0.4) is 0 Å². The maximum Gasteiger partial charge on any atom is 0.161 e. The SMILES string of the molecule is CC[C@]1(C)C[C@@](CCNCc2ccc(OC)c(OC)c2)(CCC(C)C)CCO1. The van der Waals surface area contributed by atoms with E-state index in [0.717, 1.165) is 43.5 Å². The minimum Gasteiger partial charge on any atom is -0.493 e. The smallest absolute Gasteiger partial charge is 0.161 e. The fraction of sp³-hybridized carbons (Fsp3) is 0.750. The van der Waals surface area contributed by atoms with Gasteiger partial charge in [-0.3, -0.25) is 0 Å². The first-order chi connectivity index (χ1) is 13.4. The molecule has 2 atom stereocenters. The molecule has 0 unspecified atom stereocenters. The van der Waals surface area contributed by atoms with Crippen molar-refractivity contribution in [1.29, 1.82) is 0 Å². The lowest BCUT2D eigenvalue weighted by Crippen LogP contribution is -2.44. The maximum atomic E-state index is 6.15. The lowest BCUT2D eigenvalue weighted by atomic mass is 9.67. The molecule has 1 aliphatic heterocycles. The Bertz CT molecular complexity index is 604. The zero-order chi connectivity index (χ0) is 20.6. The quantitative estimate of drug-likeness (QED) is 0.500. The van der Waals surface area contributed by atoms with Crippen LogP contribution in [0.2, 0.25) is 0 Å². The standard InChI is InChI=1S/C24H41NO3/c1-7-23(4)18-24(13-15-28-23,11-10-19(2)3)12-14-25-17-20-8-9-21(26-5)22(16-20)27-6/h8-9,16,19,25H,7,10-15,17-18H2,1-6H3/t23-,24-/m1/s1. The zero-order valence-corrected chi connectivity index (χ0v) is 18.9. The average Bonchev–Trinajstić information content (AvgIpc) is 2.69. The molecule has 1 fully saturated rings. The molecule has 1 heterocycles. The number of hydrogen-bond acceptors (Lipinski definition) is 4. The van der Waals surface area contributed by atoms with Crippen molar-refractivity contribution in [1.82, 2.24) is 5.32 Å². The molecule has 1 N–H and O–H groups in total. The van der Waals surface area contributed by atoms with Gasteiger partial charge in [-0.15, -0.1) is 0 Å². The molecule has 0 aromatic heterocycles. The molecule has 28 heavy (non-hydrogen) atoms. The summed E-state index contributed by atoms with van der Waals surface area (Å²) in [5, 5.41) is 3.66. The van der Waals surface area contributed by atoms with E-state index in [1.54, 1.807) is 14.2 Å². The number of hydrogen-bond donors (Lipinski definition) is 1. The zero-order valence-electron chi connectivity index (χ0n) is 18.9. The Kier molecular flexibility index (Phi) is 8.63. The summed E-state index contributed by atoms with van der Waals surface area (Å²) in [5.41, 5.74) is 1.66. The molecular formula is C24H41NO3. The van der Waals surface area contributed by atoms with E-state index in [4.69, 9.17) is 14.2 Å². The van der Waals surface area contributed by atoms with Gasteiger partial charge in [0.1, 0.15) is 0 Å². The van der Waals surface area contributed by atoms with Crippen LogP contribution in [0.25, 0.3) is 0 Å². The van der Waals surface area contributed by atoms with Crippen LogP contribution in [0, 0.1) is 11.3 Å². The van der Waals surface area contributed by atoms with Crippen molar-refractivity contribution in [3.05, 3.63) is 23.8 Å². The van der Waals surface area contributed by atoms with Gasteiger partial charge in [-0.05, 0) is 74.6 Å². The predicted octanol–water partition coefficient (Wildman–Crippen LogP) is 5.59. The van der Waals surface area contributed by atoms with Gasteiger partial charge in [0.25, 0.3) is 0 Å². The summed E-state index contributed by atoms with van der Waals surface area (Å²) < 4.78 is 16.9. The maximum absolute atomic E-state index is 6.15. The normalized spacial score (nSPS) is 25.1. The number of methoxy groups -OCH3 is 2. The van der Waals surface area contributed by atoms with Crippen molar-refractivity contribution in [2.24, 2.45) is 11.3 Å². The van der Waals surface area contributed by atoms with Crippen LogP contribution in [0.5, 0.6) is 11.5 Å². The largest absolute Gasteiger partial charge is 0.493 e. The van der Waals surface area contributed by atoms with Crippen LogP contribution < -0.4 is 14.8 Å². The first-order valence-corrected chi connectivity index (χ1v) is 10.9. The first kappa shape index (κ1) is 23.0. The molecule has 1 aromatic rings. The van der Waals surface area contributed by atoms with Gasteiger partial charge in [-0.1, -0.05) is 33.3 Å². The summed E-state index contributed by atoms with van der Waals surface area (Å²) in [7, 11) is 3.35. The van der Waals surface area contributed by atoms with Gasteiger partial charge in [0, 0.05) is 13.2 Å². The second-order valence-electron chi connectivity index (χ2n) is 9.13. The van der Waals surface area contributed by atoms with Gasteiger partial charge in [0.2, 0.25) is 0 Å². The molecule has 4 nitrogen and oxygen atoms in total. The van der Waals surface area contributed by atoms with Crippen LogP contribution >= 0.6 is 0 Å². The van der Waals surface area contributed by atoms with E-state index in [-0.39, 0.29) is 5.60 Å². The molecule has 2 rings (SSSR count). The van der Waals surface area contributed by atoms with Crippen LogP contribution in [-0.2, 0) is 11.3 Å². The summed E-state index contributed by atoms with van der Waals surface area (Å²) in [6, 6.07) is 6.14. The van der Waals surface area contributed by atoms with Gasteiger partial charge in [-0.25, -0.2) is 0 Å². The fourth-order valence-corrected chi connectivity index (χ4v) is 4.40. The van der Waals surface area contributed by atoms with Crippen molar-refractivity contribution in [2.75, 3.05) is 27.4 Å². The summed E-state index contributed by atoms with van der Waals surface area (Å²) in [6.45, 7) is 12.0. The summed E-state index contributed by atoms with van der Waals surface area (Å²) in [4.78, 5) is 0. The van der Waals surface area contributed by atoms with Crippen LogP contribution in [0.4, 0.5) is 0 Å². The first-order valence-electron chi connectivity index (χ1n) is 10.9. The van der Waals surface area contributed by atoms with Gasteiger partial charge >= 0.3 is 0 Å². The predicted molar refractivity (Wildman–Crippen MR) is 116 cm³/mol. The van der Waals surface area contributed by atoms with Crippen molar-refractivity contribution >= 4 is 0 Å². The van der Waals surface area contributed by atoms with Crippen LogP contribution in [0.15, 0.2) is 18.2 Å². The number of nitrogens with one attached hydrogen (secondary N) is 1. The highest BCUT2D eigenvalue weighted by molar-refractivity contribution is 5.42. The molecule has 0 radical (unpaired) electrons. The number of rotatable bonds is 11. The third kappa shape index (κ3) is 6.38. The molecule has 1 aromatic carbocycles. The molecule has 160 valence electrons. The van der Waals surface area contributed by atoms with Gasteiger partial charge in [-0.2, -0.15) is 0 Å². The highest BCUT2D eigenvalue weighted by Crippen LogP contribution is 2.46. The lowest BCUT2D eigenvalue weighted by Gasteiger charge is -2.47. The Labute approximate surface area is 172 Å². The topological polar surface area (TPSA) is 39.7 Å². The van der Waals surface area contributed by atoms with Crippen molar-refractivity contribution in [3.8, 4) is 11.5 Å². The summed E-state index contributed by atoms with van der Waals surface area (Å²) >= 11 is 0. The molecule has 0 aliphatic carbocycles. The molecular weight excluding hydrogens is 350 g/mol. The lowest BCUT2D eigenvalue weighted by molar-refractivity contribution is -0.122. The Balaban J connectivity index is 1.94. The Morgan fingerprint density at radius 3 is 2.54 bits per heavy atom. The molecule has 4 heteroatoms. The summed E-state index contributed by atoms with van der Waals surface area (Å²) in [6.07, 6.45) is 7.28. The molecule has 0 bridgehead atoms. The third-order valence-electron chi connectivity index (χ3n) is 6.44. The molecule has 1 saturated heterocycles.